The van der Waals surface area contributed by atoms with Crippen LogP contribution in [0.3, 0.4) is 0 Å². The smallest absolute Gasteiger partial charge is 0.269 e. The Labute approximate surface area is 155 Å². The summed E-state index contributed by atoms with van der Waals surface area (Å²) in [6, 6.07) is 9.00. The van der Waals surface area contributed by atoms with Crippen LogP contribution in [-0.4, -0.2) is 40.8 Å². The Kier molecular flexibility index (Phi) is 4.89. The summed E-state index contributed by atoms with van der Waals surface area (Å²) in [5.41, 5.74) is 1.18. The Morgan fingerprint density at radius 2 is 1.85 bits per heavy atom. The van der Waals surface area contributed by atoms with Crippen LogP contribution in [0.1, 0.15) is 22.8 Å². The number of carbonyl (C=O) groups excluding carboxylic acids is 2. The molecule has 2 aromatic carbocycles. The van der Waals surface area contributed by atoms with Crippen molar-refractivity contribution in [3.8, 4) is 0 Å². The molecule has 1 atom stereocenters. The maximum absolute atomic E-state index is 14.1. The number of hydrogen-bond donors (Lipinski definition) is 0. The molecule has 8 heteroatoms. The van der Waals surface area contributed by atoms with Crippen LogP contribution < -0.4 is 4.90 Å². The monoisotopic (exact) mass is 371 g/mol. The predicted octanol–water partition coefficient (Wildman–Crippen LogP) is 2.92. The molecule has 2 amide bonds. The molecule has 140 valence electrons. The Hall–Kier alpha value is -3.29. The molecule has 1 fully saturated rings. The van der Waals surface area contributed by atoms with Crippen LogP contribution in [0.2, 0.25) is 0 Å². The number of anilines is 1. The topological polar surface area (TPSA) is 83.8 Å². The summed E-state index contributed by atoms with van der Waals surface area (Å²) in [5, 5.41) is 10.7. The molecule has 7 nitrogen and oxygen atoms in total. The summed E-state index contributed by atoms with van der Waals surface area (Å²) < 4.78 is 14.1. The summed E-state index contributed by atoms with van der Waals surface area (Å²) in [6.45, 7) is 3.80. The second kappa shape index (κ2) is 7.14. The number of amides is 2. The molecule has 1 aliphatic heterocycles. The predicted molar refractivity (Wildman–Crippen MR) is 97.1 cm³/mol. The lowest BCUT2D eigenvalue weighted by Gasteiger charge is -2.39. The molecular weight excluding hydrogens is 353 g/mol. The van der Waals surface area contributed by atoms with E-state index in [2.05, 4.69) is 0 Å². The minimum atomic E-state index is -0.777. The average Bonchev–Trinajstić information content (AvgIpc) is 2.65. The minimum Gasteiger partial charge on any atom is -0.325 e. The summed E-state index contributed by atoms with van der Waals surface area (Å²) in [7, 11) is 0. The normalized spacial score (nSPS) is 17.1. The molecule has 1 unspecified atom stereocenters. The first kappa shape index (κ1) is 18.5. The Bertz CT molecular complexity index is 914. The number of nitrogens with zero attached hydrogens (tertiary/aromatic N) is 3. The molecule has 3 rings (SSSR count). The van der Waals surface area contributed by atoms with Crippen molar-refractivity contribution in [1.29, 1.82) is 0 Å². The molecule has 1 aliphatic rings. The van der Waals surface area contributed by atoms with Crippen LogP contribution >= 0.6 is 0 Å². The number of piperazine rings is 1. The van der Waals surface area contributed by atoms with Crippen LogP contribution in [0.15, 0.2) is 42.5 Å². The zero-order valence-electron chi connectivity index (χ0n) is 14.9. The van der Waals surface area contributed by atoms with Gasteiger partial charge in [-0.3, -0.25) is 19.7 Å². The van der Waals surface area contributed by atoms with Gasteiger partial charge in [-0.1, -0.05) is 6.07 Å². The van der Waals surface area contributed by atoms with Crippen LogP contribution in [0.5, 0.6) is 0 Å². The lowest BCUT2D eigenvalue weighted by atomic mass is 10.1. The van der Waals surface area contributed by atoms with E-state index >= 15 is 0 Å². The van der Waals surface area contributed by atoms with Gasteiger partial charge < -0.3 is 9.80 Å². The Morgan fingerprint density at radius 1 is 1.19 bits per heavy atom. The maximum Gasteiger partial charge on any atom is 0.269 e. The third-order valence-corrected chi connectivity index (χ3v) is 4.63. The van der Waals surface area contributed by atoms with Gasteiger partial charge in [-0.15, -0.1) is 0 Å². The number of benzene rings is 2. The zero-order valence-corrected chi connectivity index (χ0v) is 14.9. The molecular formula is C19H18FN3O4. The Balaban J connectivity index is 1.80. The third kappa shape index (κ3) is 3.51. The second-order valence-corrected chi connectivity index (χ2v) is 6.42. The van der Waals surface area contributed by atoms with Gasteiger partial charge in [0.1, 0.15) is 11.9 Å². The van der Waals surface area contributed by atoms with E-state index in [0.29, 0.717) is 0 Å². The SMILES string of the molecule is Cc1ccc(F)c(N2CCN(C(=O)c3ccc([N+](=O)[O-])cc3)C(C)C2=O)c1. The second-order valence-electron chi connectivity index (χ2n) is 6.42. The maximum atomic E-state index is 14.1. The van der Waals surface area contributed by atoms with Crippen molar-refractivity contribution in [1.82, 2.24) is 4.90 Å². The first-order chi connectivity index (χ1) is 12.8. The minimum absolute atomic E-state index is 0.115. The fourth-order valence-electron chi connectivity index (χ4n) is 3.11. The first-order valence-electron chi connectivity index (χ1n) is 8.42. The lowest BCUT2D eigenvalue weighted by molar-refractivity contribution is -0.384. The van der Waals surface area contributed by atoms with Gasteiger partial charge in [0, 0.05) is 30.8 Å². The van der Waals surface area contributed by atoms with E-state index < -0.39 is 22.7 Å². The van der Waals surface area contributed by atoms with Crippen LogP contribution in [0, 0.1) is 22.9 Å². The fourth-order valence-corrected chi connectivity index (χ4v) is 3.11. The summed E-state index contributed by atoms with van der Waals surface area (Å²) in [5.74, 6) is -1.26. The van der Waals surface area contributed by atoms with Crippen LogP contribution in [-0.2, 0) is 4.79 Å². The van der Waals surface area contributed by atoms with Gasteiger partial charge in [-0.25, -0.2) is 4.39 Å². The van der Waals surface area contributed by atoms with Gasteiger partial charge in [0.25, 0.3) is 11.6 Å². The molecule has 0 aliphatic carbocycles. The van der Waals surface area contributed by atoms with Crippen molar-refractivity contribution in [2.24, 2.45) is 0 Å². The molecule has 27 heavy (non-hydrogen) atoms. The molecule has 0 bridgehead atoms. The molecule has 1 saturated heterocycles. The summed E-state index contributed by atoms with van der Waals surface area (Å²) in [4.78, 5) is 38.4. The number of hydrogen-bond acceptors (Lipinski definition) is 4. The first-order valence-corrected chi connectivity index (χ1v) is 8.42. The quantitative estimate of drug-likeness (QED) is 0.613. The van der Waals surface area contributed by atoms with E-state index in [1.807, 2.05) is 6.92 Å². The standard InChI is InChI=1S/C19H18FN3O4/c1-12-3-8-16(20)17(11-12)22-10-9-21(13(2)18(22)24)19(25)14-4-6-15(7-5-14)23(26)27/h3-8,11,13H,9-10H2,1-2H3. The van der Waals surface area contributed by atoms with Gasteiger partial charge in [0.2, 0.25) is 5.91 Å². The molecule has 0 saturated carbocycles. The van der Waals surface area contributed by atoms with E-state index in [0.717, 1.165) is 5.56 Å². The van der Waals surface area contributed by atoms with Crippen LogP contribution in [0.25, 0.3) is 0 Å². The molecule has 0 spiro atoms. The van der Waals surface area contributed by atoms with Gasteiger partial charge in [0.05, 0.1) is 10.6 Å². The lowest BCUT2D eigenvalue weighted by Crippen LogP contribution is -2.58. The van der Waals surface area contributed by atoms with Gasteiger partial charge in [0.15, 0.2) is 0 Å². The van der Waals surface area contributed by atoms with Crippen molar-refractivity contribution >= 4 is 23.2 Å². The number of non-ortho nitro benzene ring substituents is 1. The third-order valence-electron chi connectivity index (χ3n) is 4.63. The van der Waals surface area contributed by atoms with Crippen molar-refractivity contribution in [3.63, 3.8) is 0 Å². The number of aryl methyl sites for hydroxylation is 1. The molecule has 0 radical (unpaired) electrons. The van der Waals surface area contributed by atoms with Crippen molar-refractivity contribution in [2.75, 3.05) is 18.0 Å². The molecule has 0 aromatic heterocycles. The highest BCUT2D eigenvalue weighted by molar-refractivity contribution is 6.03. The molecule has 1 heterocycles. The highest BCUT2D eigenvalue weighted by Gasteiger charge is 2.36. The van der Waals surface area contributed by atoms with Crippen molar-refractivity contribution < 1.29 is 18.9 Å². The largest absolute Gasteiger partial charge is 0.325 e. The Morgan fingerprint density at radius 3 is 2.48 bits per heavy atom. The number of nitro groups is 1. The van der Waals surface area contributed by atoms with E-state index in [-0.39, 0.29) is 35.9 Å². The van der Waals surface area contributed by atoms with Crippen molar-refractivity contribution in [2.45, 2.75) is 19.9 Å². The number of nitro benzene ring substituents is 1. The summed E-state index contributed by atoms with van der Waals surface area (Å²) in [6.07, 6.45) is 0. The summed E-state index contributed by atoms with van der Waals surface area (Å²) >= 11 is 0. The average molecular weight is 371 g/mol. The van der Waals surface area contributed by atoms with E-state index in [1.54, 1.807) is 19.1 Å². The number of rotatable bonds is 3. The highest BCUT2D eigenvalue weighted by atomic mass is 19.1. The van der Waals surface area contributed by atoms with Crippen LogP contribution in [0.4, 0.5) is 15.8 Å². The van der Waals surface area contributed by atoms with E-state index in [9.17, 15) is 24.1 Å². The van der Waals surface area contributed by atoms with E-state index in [1.165, 1.54) is 40.1 Å². The van der Waals surface area contributed by atoms with Gasteiger partial charge in [-0.2, -0.15) is 0 Å². The zero-order chi connectivity index (χ0) is 19.7. The number of carbonyl (C=O) groups is 2. The van der Waals surface area contributed by atoms with Crippen molar-refractivity contribution in [3.05, 3.63) is 69.5 Å². The number of halogens is 1. The fraction of sp³-hybridized carbons (Fsp3) is 0.263. The molecule has 2 aromatic rings. The van der Waals surface area contributed by atoms with Gasteiger partial charge >= 0.3 is 0 Å². The van der Waals surface area contributed by atoms with Gasteiger partial charge in [-0.05, 0) is 43.7 Å². The molecule has 0 N–H and O–H groups in total. The van der Waals surface area contributed by atoms with E-state index in [4.69, 9.17) is 0 Å². The highest BCUT2D eigenvalue weighted by Crippen LogP contribution is 2.26.